The van der Waals surface area contributed by atoms with Crippen LogP contribution in [-0.4, -0.2) is 18.1 Å². The fourth-order valence-corrected chi connectivity index (χ4v) is 2.00. The number of nitrogens with zero attached hydrogens (tertiary/aromatic N) is 2. The van der Waals surface area contributed by atoms with E-state index in [0.29, 0.717) is 0 Å². The molecular formula is C12H19N3. The van der Waals surface area contributed by atoms with E-state index in [-0.39, 0.29) is 6.04 Å². The van der Waals surface area contributed by atoms with Gasteiger partial charge < -0.3 is 10.6 Å². The van der Waals surface area contributed by atoms with Crippen molar-refractivity contribution in [3.05, 3.63) is 23.9 Å². The third kappa shape index (κ3) is 2.29. The Hall–Kier alpha value is -1.09. The number of rotatable bonds is 2. The van der Waals surface area contributed by atoms with Crippen LogP contribution in [0.2, 0.25) is 0 Å². The van der Waals surface area contributed by atoms with Crippen LogP contribution in [0.15, 0.2) is 18.3 Å². The maximum atomic E-state index is 5.79. The number of nitrogens with two attached hydrogens (primary N) is 1. The zero-order valence-electron chi connectivity index (χ0n) is 9.48. The Morgan fingerprint density at radius 2 is 2.33 bits per heavy atom. The quantitative estimate of drug-likeness (QED) is 0.802. The molecule has 2 heterocycles. The van der Waals surface area contributed by atoms with Crippen LogP contribution < -0.4 is 10.6 Å². The number of hydrogen-bond acceptors (Lipinski definition) is 3. The van der Waals surface area contributed by atoms with Crippen LogP contribution >= 0.6 is 0 Å². The highest BCUT2D eigenvalue weighted by Crippen LogP contribution is 2.22. The summed E-state index contributed by atoms with van der Waals surface area (Å²) in [6.07, 6.45) is 3.17. The summed E-state index contributed by atoms with van der Waals surface area (Å²) in [5.74, 6) is 1.88. The fourth-order valence-electron chi connectivity index (χ4n) is 2.00. The van der Waals surface area contributed by atoms with Gasteiger partial charge >= 0.3 is 0 Å². The highest BCUT2D eigenvalue weighted by atomic mass is 15.2. The summed E-state index contributed by atoms with van der Waals surface area (Å²) < 4.78 is 0. The molecule has 2 atom stereocenters. The average Bonchev–Trinajstić information content (AvgIpc) is 2.65. The third-order valence-electron chi connectivity index (χ3n) is 3.04. The van der Waals surface area contributed by atoms with Gasteiger partial charge in [0.1, 0.15) is 5.82 Å². The second kappa shape index (κ2) is 4.19. The molecule has 0 bridgehead atoms. The van der Waals surface area contributed by atoms with E-state index in [1.54, 1.807) is 0 Å². The molecule has 1 fully saturated rings. The van der Waals surface area contributed by atoms with Gasteiger partial charge in [-0.2, -0.15) is 0 Å². The summed E-state index contributed by atoms with van der Waals surface area (Å²) in [4.78, 5) is 6.81. The van der Waals surface area contributed by atoms with E-state index < -0.39 is 0 Å². The molecule has 1 aromatic rings. The number of anilines is 1. The Kier molecular flexibility index (Phi) is 2.91. The lowest BCUT2D eigenvalue weighted by molar-refractivity contribution is 0.659. The van der Waals surface area contributed by atoms with Gasteiger partial charge in [-0.05, 0) is 30.9 Å². The van der Waals surface area contributed by atoms with Crippen LogP contribution in [0.5, 0.6) is 0 Å². The lowest BCUT2D eigenvalue weighted by atomic mass is 10.1. The molecule has 15 heavy (non-hydrogen) atoms. The summed E-state index contributed by atoms with van der Waals surface area (Å²) in [5.41, 5.74) is 6.89. The molecule has 0 aliphatic carbocycles. The molecule has 0 spiro atoms. The minimum absolute atomic E-state index is 0.0732. The van der Waals surface area contributed by atoms with E-state index in [1.807, 2.05) is 13.1 Å². The van der Waals surface area contributed by atoms with Crippen molar-refractivity contribution in [2.24, 2.45) is 11.7 Å². The highest BCUT2D eigenvalue weighted by molar-refractivity contribution is 5.40. The molecule has 0 radical (unpaired) electrons. The lowest BCUT2D eigenvalue weighted by Gasteiger charge is -2.17. The Morgan fingerprint density at radius 3 is 2.80 bits per heavy atom. The molecule has 0 aromatic carbocycles. The topological polar surface area (TPSA) is 42.1 Å². The number of hydrogen-bond donors (Lipinski definition) is 1. The van der Waals surface area contributed by atoms with Crippen molar-refractivity contribution in [3.63, 3.8) is 0 Å². The lowest BCUT2D eigenvalue weighted by Crippen LogP contribution is -2.20. The van der Waals surface area contributed by atoms with Gasteiger partial charge in [-0.15, -0.1) is 0 Å². The third-order valence-corrected chi connectivity index (χ3v) is 3.04. The van der Waals surface area contributed by atoms with Crippen LogP contribution in [0.25, 0.3) is 0 Å². The van der Waals surface area contributed by atoms with Gasteiger partial charge in [-0.25, -0.2) is 4.98 Å². The van der Waals surface area contributed by atoms with E-state index in [2.05, 4.69) is 28.9 Å². The van der Waals surface area contributed by atoms with Gasteiger partial charge in [-0.3, -0.25) is 0 Å². The van der Waals surface area contributed by atoms with Gasteiger partial charge in [0.15, 0.2) is 0 Å². The molecule has 2 rings (SSSR count). The zero-order valence-corrected chi connectivity index (χ0v) is 9.48. The minimum atomic E-state index is 0.0732. The first-order valence-corrected chi connectivity index (χ1v) is 5.63. The maximum absolute atomic E-state index is 5.79. The van der Waals surface area contributed by atoms with Crippen molar-refractivity contribution in [3.8, 4) is 0 Å². The van der Waals surface area contributed by atoms with Crippen LogP contribution in [0, 0.1) is 5.92 Å². The Balaban J connectivity index is 2.10. The van der Waals surface area contributed by atoms with E-state index in [9.17, 15) is 0 Å². The summed E-state index contributed by atoms with van der Waals surface area (Å²) >= 11 is 0. The Morgan fingerprint density at radius 1 is 1.53 bits per heavy atom. The predicted octanol–water partition coefficient (Wildman–Crippen LogP) is 1.95. The molecule has 1 aromatic heterocycles. The van der Waals surface area contributed by atoms with Gasteiger partial charge in [0.05, 0.1) is 0 Å². The molecule has 82 valence electrons. The summed E-state index contributed by atoms with van der Waals surface area (Å²) in [7, 11) is 0. The number of aromatic nitrogens is 1. The van der Waals surface area contributed by atoms with Crippen molar-refractivity contribution in [1.82, 2.24) is 4.98 Å². The van der Waals surface area contributed by atoms with Crippen LogP contribution in [-0.2, 0) is 0 Å². The first-order valence-electron chi connectivity index (χ1n) is 5.63. The van der Waals surface area contributed by atoms with Crippen LogP contribution in [0.4, 0.5) is 5.82 Å². The molecule has 1 aliphatic rings. The SMILES string of the molecule is CC1CCN(c2ccc(C(C)N)cn2)C1. The van der Waals surface area contributed by atoms with E-state index >= 15 is 0 Å². The van der Waals surface area contributed by atoms with Gasteiger partial charge in [0, 0.05) is 25.3 Å². The fraction of sp³-hybridized carbons (Fsp3) is 0.583. The Bertz CT molecular complexity index is 318. The highest BCUT2D eigenvalue weighted by Gasteiger charge is 2.19. The van der Waals surface area contributed by atoms with Crippen molar-refractivity contribution < 1.29 is 0 Å². The average molecular weight is 205 g/mol. The first kappa shape index (κ1) is 10.4. The summed E-state index contributed by atoms with van der Waals surface area (Å²) in [6, 6.07) is 4.23. The standard InChI is InChI=1S/C12H19N3/c1-9-5-6-15(8-9)12-4-3-11(7-14-12)10(2)13/h3-4,7,9-10H,5-6,8,13H2,1-2H3. The van der Waals surface area contributed by atoms with Gasteiger partial charge in [0.25, 0.3) is 0 Å². The molecule has 3 heteroatoms. The van der Waals surface area contributed by atoms with Crippen molar-refractivity contribution in [1.29, 1.82) is 0 Å². The molecule has 2 N–H and O–H groups in total. The van der Waals surface area contributed by atoms with Crippen molar-refractivity contribution in [2.45, 2.75) is 26.3 Å². The van der Waals surface area contributed by atoms with Crippen LogP contribution in [0.1, 0.15) is 31.9 Å². The van der Waals surface area contributed by atoms with Gasteiger partial charge in [-0.1, -0.05) is 13.0 Å². The van der Waals surface area contributed by atoms with E-state index in [0.717, 1.165) is 30.4 Å². The van der Waals surface area contributed by atoms with E-state index in [1.165, 1.54) is 6.42 Å². The second-order valence-electron chi connectivity index (χ2n) is 4.58. The normalized spacial score (nSPS) is 23.1. The Labute approximate surface area is 91.3 Å². The molecule has 1 aliphatic heterocycles. The molecule has 1 saturated heterocycles. The van der Waals surface area contributed by atoms with Crippen LogP contribution in [0.3, 0.4) is 0 Å². The molecular weight excluding hydrogens is 186 g/mol. The summed E-state index contributed by atoms with van der Waals surface area (Å²) in [5, 5.41) is 0. The largest absolute Gasteiger partial charge is 0.356 e. The number of pyridine rings is 1. The predicted molar refractivity (Wildman–Crippen MR) is 62.8 cm³/mol. The molecule has 0 saturated carbocycles. The maximum Gasteiger partial charge on any atom is 0.128 e. The van der Waals surface area contributed by atoms with Crippen molar-refractivity contribution >= 4 is 5.82 Å². The second-order valence-corrected chi connectivity index (χ2v) is 4.58. The minimum Gasteiger partial charge on any atom is -0.356 e. The molecule has 2 unspecified atom stereocenters. The zero-order chi connectivity index (χ0) is 10.8. The smallest absolute Gasteiger partial charge is 0.128 e. The first-order chi connectivity index (χ1) is 7.16. The molecule has 0 amide bonds. The summed E-state index contributed by atoms with van der Waals surface area (Å²) in [6.45, 7) is 6.53. The van der Waals surface area contributed by atoms with Crippen molar-refractivity contribution in [2.75, 3.05) is 18.0 Å². The monoisotopic (exact) mass is 205 g/mol. The molecule has 3 nitrogen and oxygen atoms in total. The van der Waals surface area contributed by atoms with E-state index in [4.69, 9.17) is 5.73 Å². The van der Waals surface area contributed by atoms with Gasteiger partial charge in [0.2, 0.25) is 0 Å².